The fourth-order valence-corrected chi connectivity index (χ4v) is 2.77. The van der Waals surface area contributed by atoms with E-state index in [-0.39, 0.29) is 11.7 Å². The Morgan fingerprint density at radius 1 is 1.23 bits per heavy atom. The lowest BCUT2D eigenvalue weighted by molar-refractivity contribution is -0.274. The molecule has 0 aliphatic heterocycles. The maximum atomic E-state index is 12.3. The number of benzene rings is 1. The maximum Gasteiger partial charge on any atom is 0.573 e. The highest BCUT2D eigenvalue weighted by Gasteiger charge is 2.31. The third-order valence-electron chi connectivity index (χ3n) is 2.97. The molecule has 11 heteroatoms. The van der Waals surface area contributed by atoms with Gasteiger partial charge in [0.2, 0.25) is 11.8 Å². The van der Waals surface area contributed by atoms with E-state index in [4.69, 9.17) is 10.2 Å². The number of halogens is 3. The highest BCUT2D eigenvalue weighted by Crippen LogP contribution is 2.29. The van der Waals surface area contributed by atoms with Crippen molar-refractivity contribution >= 4 is 17.7 Å². The monoisotopic (exact) mass is 383 g/mol. The summed E-state index contributed by atoms with van der Waals surface area (Å²) in [4.78, 5) is 16.1. The smallest absolute Gasteiger partial charge is 0.440 e. The molecule has 0 aliphatic carbocycles. The number of hydrogen-bond donors (Lipinski definition) is 1. The summed E-state index contributed by atoms with van der Waals surface area (Å²) in [5, 5.41) is 0.426. The summed E-state index contributed by atoms with van der Waals surface area (Å²) in [6.07, 6.45) is -3.33. The number of aryl methyl sites for hydroxylation is 1. The molecule has 2 N–H and O–H groups in total. The van der Waals surface area contributed by atoms with Crippen LogP contribution < -0.4 is 10.5 Å². The Balaban J connectivity index is 1.70. The Kier molecular flexibility index (Phi) is 4.98. The molecule has 0 bridgehead atoms. The number of alkyl halides is 3. The Labute approximate surface area is 149 Å². The van der Waals surface area contributed by atoms with Gasteiger partial charge in [-0.1, -0.05) is 23.9 Å². The molecule has 0 saturated heterocycles. The van der Waals surface area contributed by atoms with Crippen LogP contribution in [0, 0.1) is 6.92 Å². The van der Waals surface area contributed by atoms with Gasteiger partial charge in [-0.2, -0.15) is 9.97 Å². The zero-order chi connectivity index (χ0) is 18.7. The number of thioether (sulfide) groups is 1. The van der Waals surface area contributed by atoms with Crippen LogP contribution in [0.15, 0.2) is 40.0 Å². The molecular weight excluding hydrogens is 371 g/mol. The number of nitrogens with two attached hydrogens (primary N) is 1. The lowest BCUT2D eigenvalue weighted by Crippen LogP contribution is -2.17. The van der Waals surface area contributed by atoms with Crippen LogP contribution in [0.5, 0.6) is 5.75 Å². The van der Waals surface area contributed by atoms with E-state index in [0.717, 1.165) is 0 Å². The molecule has 0 spiro atoms. The van der Waals surface area contributed by atoms with E-state index in [1.54, 1.807) is 13.0 Å². The quantitative estimate of drug-likeness (QED) is 0.667. The normalized spacial score (nSPS) is 11.5. The van der Waals surface area contributed by atoms with Crippen molar-refractivity contribution in [2.45, 2.75) is 24.2 Å². The summed E-state index contributed by atoms with van der Waals surface area (Å²) in [6, 6.07) is 5.46. The molecule has 0 fully saturated rings. The molecule has 3 aromatic rings. The topological polar surface area (TPSA) is 100.0 Å². The predicted octanol–water partition coefficient (Wildman–Crippen LogP) is 3.61. The van der Waals surface area contributed by atoms with Crippen LogP contribution in [-0.4, -0.2) is 26.3 Å². The zero-order valence-electron chi connectivity index (χ0n) is 13.3. The van der Waals surface area contributed by atoms with Gasteiger partial charge in [0.25, 0.3) is 0 Å². The van der Waals surface area contributed by atoms with Crippen LogP contribution in [0.2, 0.25) is 0 Å². The maximum absolute atomic E-state index is 12.3. The molecule has 26 heavy (non-hydrogen) atoms. The first kappa shape index (κ1) is 18.0. The number of nitrogens with zero attached hydrogens (tertiary/aromatic N) is 4. The van der Waals surface area contributed by atoms with Crippen LogP contribution in [-0.2, 0) is 5.75 Å². The summed E-state index contributed by atoms with van der Waals surface area (Å²) in [5.74, 6) is 1.28. The molecule has 3 rings (SSSR count). The summed E-state index contributed by atoms with van der Waals surface area (Å²) >= 11 is 1.25. The molecule has 136 valence electrons. The van der Waals surface area contributed by atoms with Gasteiger partial charge >= 0.3 is 6.36 Å². The van der Waals surface area contributed by atoms with E-state index in [2.05, 4.69) is 24.7 Å². The van der Waals surface area contributed by atoms with Crippen molar-refractivity contribution in [2.75, 3.05) is 5.73 Å². The molecule has 0 aliphatic rings. The third-order valence-corrected chi connectivity index (χ3v) is 3.81. The van der Waals surface area contributed by atoms with E-state index >= 15 is 0 Å². The third kappa shape index (κ3) is 4.85. The van der Waals surface area contributed by atoms with Gasteiger partial charge in [-0.15, -0.1) is 13.2 Å². The fourth-order valence-electron chi connectivity index (χ4n) is 2.02. The first-order chi connectivity index (χ1) is 12.3. The second kappa shape index (κ2) is 7.20. The van der Waals surface area contributed by atoms with E-state index < -0.39 is 6.36 Å². The van der Waals surface area contributed by atoms with Crippen LogP contribution in [0.1, 0.15) is 11.7 Å². The zero-order valence-corrected chi connectivity index (χ0v) is 14.1. The van der Waals surface area contributed by atoms with E-state index in [0.29, 0.717) is 33.9 Å². The molecule has 1 aromatic carbocycles. The minimum absolute atomic E-state index is 0.120. The van der Waals surface area contributed by atoms with Crippen LogP contribution >= 0.6 is 11.8 Å². The lowest BCUT2D eigenvalue weighted by Gasteiger charge is -2.09. The molecule has 0 saturated carbocycles. The van der Waals surface area contributed by atoms with Gasteiger partial charge < -0.3 is 14.9 Å². The molecule has 0 radical (unpaired) electrons. The second-order valence-corrected chi connectivity index (χ2v) is 5.95. The standard InChI is InChI=1S/C15H12F3N5O2S/c1-8-21-13(19)23-14(22-8)26-7-12-20-6-11(24-12)9-3-2-4-10(5-9)25-15(16,17)18/h2-6H,7H2,1H3,(H2,19,21,22,23). The minimum Gasteiger partial charge on any atom is -0.440 e. The Morgan fingerprint density at radius 3 is 2.77 bits per heavy atom. The molecule has 0 amide bonds. The molecule has 2 aromatic heterocycles. The van der Waals surface area contributed by atoms with Crippen molar-refractivity contribution in [1.82, 2.24) is 19.9 Å². The van der Waals surface area contributed by atoms with Gasteiger partial charge in [0.15, 0.2) is 10.9 Å². The van der Waals surface area contributed by atoms with E-state index in [1.807, 2.05) is 0 Å². The Bertz CT molecular complexity index is 896. The Hall–Kier alpha value is -2.82. The predicted molar refractivity (Wildman–Crippen MR) is 87.2 cm³/mol. The van der Waals surface area contributed by atoms with Gasteiger partial charge in [0.05, 0.1) is 11.9 Å². The van der Waals surface area contributed by atoms with Crippen molar-refractivity contribution in [2.24, 2.45) is 0 Å². The van der Waals surface area contributed by atoms with Gasteiger partial charge in [0.1, 0.15) is 11.6 Å². The highest BCUT2D eigenvalue weighted by atomic mass is 32.2. The molecule has 0 unspecified atom stereocenters. The van der Waals surface area contributed by atoms with E-state index in [1.165, 1.54) is 36.2 Å². The Morgan fingerprint density at radius 2 is 2.04 bits per heavy atom. The van der Waals surface area contributed by atoms with Crippen LogP contribution in [0.4, 0.5) is 19.1 Å². The average molecular weight is 383 g/mol. The number of hydrogen-bond acceptors (Lipinski definition) is 8. The van der Waals surface area contributed by atoms with Crippen LogP contribution in [0.3, 0.4) is 0 Å². The average Bonchev–Trinajstić information content (AvgIpc) is 3.00. The molecule has 7 nitrogen and oxygen atoms in total. The first-order valence-corrected chi connectivity index (χ1v) is 8.19. The van der Waals surface area contributed by atoms with Crippen molar-refractivity contribution in [1.29, 1.82) is 0 Å². The fraction of sp³-hybridized carbons (Fsp3) is 0.200. The van der Waals surface area contributed by atoms with E-state index in [9.17, 15) is 13.2 Å². The van der Waals surface area contributed by atoms with Gasteiger partial charge in [0, 0.05) is 5.56 Å². The summed E-state index contributed by atoms with van der Waals surface area (Å²) in [6.45, 7) is 1.70. The minimum atomic E-state index is -4.76. The molecule has 0 atom stereocenters. The van der Waals surface area contributed by atoms with Crippen molar-refractivity contribution < 1.29 is 22.3 Å². The van der Waals surface area contributed by atoms with Gasteiger partial charge in [-0.05, 0) is 19.1 Å². The first-order valence-electron chi connectivity index (χ1n) is 7.20. The molecule has 2 heterocycles. The summed E-state index contributed by atoms with van der Waals surface area (Å²) < 4.78 is 46.4. The number of ether oxygens (including phenoxy) is 1. The highest BCUT2D eigenvalue weighted by molar-refractivity contribution is 7.98. The van der Waals surface area contributed by atoms with Gasteiger partial charge in [-0.25, -0.2) is 9.97 Å². The number of oxazole rings is 1. The summed E-state index contributed by atoms with van der Waals surface area (Å²) in [5.41, 5.74) is 5.97. The lowest BCUT2D eigenvalue weighted by atomic mass is 10.2. The number of rotatable bonds is 5. The number of anilines is 1. The van der Waals surface area contributed by atoms with Gasteiger partial charge in [-0.3, -0.25) is 0 Å². The summed E-state index contributed by atoms with van der Waals surface area (Å²) in [7, 11) is 0. The van der Waals surface area contributed by atoms with Crippen molar-refractivity contribution in [3.63, 3.8) is 0 Å². The van der Waals surface area contributed by atoms with Crippen molar-refractivity contribution in [3.05, 3.63) is 42.2 Å². The molecular formula is C15H12F3N5O2S. The SMILES string of the molecule is Cc1nc(N)nc(SCc2ncc(-c3cccc(OC(F)(F)F)c3)o2)n1. The second-order valence-electron chi connectivity index (χ2n) is 5.01. The number of aromatic nitrogens is 4. The van der Waals surface area contributed by atoms with Crippen molar-refractivity contribution in [3.8, 4) is 17.1 Å². The number of nitrogen functional groups attached to an aromatic ring is 1. The van der Waals surface area contributed by atoms with Crippen LogP contribution in [0.25, 0.3) is 11.3 Å². The largest absolute Gasteiger partial charge is 0.573 e.